The Morgan fingerprint density at radius 2 is 1.93 bits per heavy atom. The van der Waals surface area contributed by atoms with E-state index in [2.05, 4.69) is 36.6 Å². The molecule has 5 heteroatoms. The van der Waals surface area contributed by atoms with Crippen molar-refractivity contribution in [2.45, 2.75) is 39.7 Å². The van der Waals surface area contributed by atoms with Gasteiger partial charge in [-0.3, -0.25) is 4.79 Å². The fourth-order valence-electron chi connectivity index (χ4n) is 3.92. The number of carbonyl (C=O) groups is 1. The van der Waals surface area contributed by atoms with E-state index in [0.29, 0.717) is 5.56 Å². The second-order valence-electron chi connectivity index (χ2n) is 7.59. The van der Waals surface area contributed by atoms with Crippen molar-refractivity contribution < 1.29 is 4.79 Å². The molecular formula is C23H30N4O. The summed E-state index contributed by atoms with van der Waals surface area (Å²) in [5.41, 5.74) is 11.2. The molecule has 2 aromatic heterocycles. The molecule has 5 nitrogen and oxygen atoms in total. The van der Waals surface area contributed by atoms with Gasteiger partial charge in [-0.25, -0.2) is 4.98 Å². The summed E-state index contributed by atoms with van der Waals surface area (Å²) in [6.45, 7) is 6.03. The lowest BCUT2D eigenvalue weighted by Crippen LogP contribution is -2.17. The summed E-state index contributed by atoms with van der Waals surface area (Å²) >= 11 is 0. The Morgan fingerprint density at radius 1 is 1.18 bits per heavy atom. The maximum absolute atomic E-state index is 12.4. The van der Waals surface area contributed by atoms with E-state index in [-0.39, 0.29) is 5.91 Å². The van der Waals surface area contributed by atoms with Crippen LogP contribution in [-0.2, 0) is 13.0 Å². The average molecular weight is 379 g/mol. The van der Waals surface area contributed by atoms with Gasteiger partial charge < -0.3 is 15.2 Å². The van der Waals surface area contributed by atoms with Crippen LogP contribution in [0.5, 0.6) is 0 Å². The topological polar surface area (TPSA) is 64.1 Å². The summed E-state index contributed by atoms with van der Waals surface area (Å²) in [6.07, 6.45) is 2.90. The number of amides is 1. The number of para-hydroxylation sites is 1. The number of aromatic nitrogens is 2. The summed E-state index contributed by atoms with van der Waals surface area (Å²) < 4.78 is 2.28. The molecule has 0 bridgehead atoms. The zero-order valence-corrected chi connectivity index (χ0v) is 17.3. The van der Waals surface area contributed by atoms with E-state index in [0.717, 1.165) is 65.9 Å². The fraction of sp³-hybridized carbons (Fsp3) is 0.391. The van der Waals surface area contributed by atoms with E-state index < -0.39 is 0 Å². The van der Waals surface area contributed by atoms with Crippen molar-refractivity contribution in [3.05, 3.63) is 53.3 Å². The maximum Gasteiger partial charge on any atom is 0.251 e. The standard InChI is InChI=1S/C23H30N4O/c1-5-9-20-22(19-13-12-17-10-6-7-11-18(17)25-19)21(23(24)28)16(2)27(20)15-8-14-26(3)4/h6-7,10-13H,5,8-9,14-15H2,1-4H3,(H2,24,28). The third-order valence-corrected chi connectivity index (χ3v) is 5.21. The highest BCUT2D eigenvalue weighted by Gasteiger charge is 2.25. The number of pyridine rings is 1. The number of hydrogen-bond acceptors (Lipinski definition) is 3. The van der Waals surface area contributed by atoms with Crippen LogP contribution in [-0.4, -0.2) is 41.0 Å². The molecule has 0 radical (unpaired) electrons. The highest BCUT2D eigenvalue weighted by atomic mass is 16.1. The van der Waals surface area contributed by atoms with E-state index >= 15 is 0 Å². The molecule has 1 amide bonds. The third kappa shape index (κ3) is 3.94. The number of primary amides is 1. The van der Waals surface area contributed by atoms with Crippen molar-refractivity contribution >= 4 is 16.8 Å². The summed E-state index contributed by atoms with van der Waals surface area (Å²) in [6, 6.07) is 12.1. The van der Waals surface area contributed by atoms with Gasteiger partial charge in [0.2, 0.25) is 0 Å². The van der Waals surface area contributed by atoms with Gasteiger partial charge in [-0.1, -0.05) is 37.6 Å². The minimum absolute atomic E-state index is 0.383. The van der Waals surface area contributed by atoms with Crippen LogP contribution in [0.25, 0.3) is 22.2 Å². The number of benzene rings is 1. The first-order chi connectivity index (χ1) is 13.4. The van der Waals surface area contributed by atoms with Crippen LogP contribution < -0.4 is 5.73 Å². The van der Waals surface area contributed by atoms with Crippen LogP contribution in [0.3, 0.4) is 0 Å². The molecule has 0 saturated carbocycles. The van der Waals surface area contributed by atoms with E-state index in [1.54, 1.807) is 0 Å². The Labute approximate surface area is 167 Å². The summed E-state index contributed by atoms with van der Waals surface area (Å²) in [7, 11) is 4.16. The number of nitrogens with two attached hydrogens (primary N) is 1. The predicted octanol–water partition coefficient (Wildman–Crippen LogP) is 4.01. The zero-order valence-electron chi connectivity index (χ0n) is 17.3. The van der Waals surface area contributed by atoms with Gasteiger partial charge in [-0.05, 0) is 52.5 Å². The molecule has 1 aromatic carbocycles. The lowest BCUT2D eigenvalue weighted by atomic mass is 10.0. The molecule has 0 unspecified atom stereocenters. The molecule has 2 N–H and O–H groups in total. The zero-order chi connectivity index (χ0) is 20.3. The first-order valence-electron chi connectivity index (χ1n) is 9.96. The smallest absolute Gasteiger partial charge is 0.251 e. The van der Waals surface area contributed by atoms with Crippen molar-refractivity contribution in [1.29, 1.82) is 0 Å². The van der Waals surface area contributed by atoms with Crippen LogP contribution >= 0.6 is 0 Å². The minimum atomic E-state index is -0.383. The molecule has 0 spiro atoms. The summed E-state index contributed by atoms with van der Waals surface area (Å²) in [4.78, 5) is 19.4. The quantitative estimate of drug-likeness (QED) is 0.644. The highest BCUT2D eigenvalue weighted by Crippen LogP contribution is 2.33. The fourth-order valence-corrected chi connectivity index (χ4v) is 3.92. The Kier molecular flexibility index (Phi) is 6.15. The molecule has 28 heavy (non-hydrogen) atoms. The van der Waals surface area contributed by atoms with Crippen LogP contribution in [0.2, 0.25) is 0 Å². The van der Waals surface area contributed by atoms with Crippen molar-refractivity contribution in [2.75, 3.05) is 20.6 Å². The molecule has 148 valence electrons. The van der Waals surface area contributed by atoms with Crippen molar-refractivity contribution in [1.82, 2.24) is 14.5 Å². The van der Waals surface area contributed by atoms with Gasteiger partial charge in [0.1, 0.15) is 0 Å². The van der Waals surface area contributed by atoms with E-state index in [9.17, 15) is 4.79 Å². The number of nitrogens with zero attached hydrogens (tertiary/aromatic N) is 3. The molecule has 0 atom stereocenters. The normalized spacial score (nSPS) is 11.5. The van der Waals surface area contributed by atoms with Gasteiger partial charge in [-0.15, -0.1) is 0 Å². The SMILES string of the molecule is CCCc1c(-c2ccc3ccccc3n2)c(C(N)=O)c(C)n1CCCN(C)C. The Balaban J connectivity index is 2.17. The second kappa shape index (κ2) is 8.57. The molecular weight excluding hydrogens is 348 g/mol. The molecule has 2 heterocycles. The summed E-state index contributed by atoms with van der Waals surface area (Å²) in [5.74, 6) is -0.383. The van der Waals surface area contributed by atoms with Crippen LogP contribution in [0.1, 0.15) is 41.5 Å². The average Bonchev–Trinajstić information content (AvgIpc) is 2.93. The van der Waals surface area contributed by atoms with E-state index in [1.165, 1.54) is 0 Å². The molecule has 0 aliphatic rings. The Morgan fingerprint density at radius 3 is 2.61 bits per heavy atom. The van der Waals surface area contributed by atoms with Crippen LogP contribution in [0, 0.1) is 6.92 Å². The molecule has 0 fully saturated rings. The van der Waals surface area contributed by atoms with Crippen molar-refractivity contribution in [3.63, 3.8) is 0 Å². The molecule has 3 aromatic rings. The predicted molar refractivity (Wildman–Crippen MR) is 116 cm³/mol. The molecule has 0 aliphatic carbocycles. The van der Waals surface area contributed by atoms with Gasteiger partial charge in [0.05, 0.1) is 16.8 Å². The highest BCUT2D eigenvalue weighted by molar-refractivity contribution is 6.02. The van der Waals surface area contributed by atoms with Gasteiger partial charge in [0.25, 0.3) is 5.91 Å². The van der Waals surface area contributed by atoms with Gasteiger partial charge in [0, 0.05) is 28.9 Å². The lowest BCUT2D eigenvalue weighted by Gasteiger charge is -2.15. The maximum atomic E-state index is 12.4. The van der Waals surface area contributed by atoms with Gasteiger partial charge in [0.15, 0.2) is 0 Å². The van der Waals surface area contributed by atoms with Crippen LogP contribution in [0.4, 0.5) is 0 Å². The molecule has 3 rings (SSSR count). The number of carbonyl (C=O) groups excluding carboxylic acids is 1. The monoisotopic (exact) mass is 378 g/mol. The molecule has 0 saturated heterocycles. The lowest BCUT2D eigenvalue weighted by molar-refractivity contribution is 0.1000. The largest absolute Gasteiger partial charge is 0.366 e. The first-order valence-corrected chi connectivity index (χ1v) is 9.96. The third-order valence-electron chi connectivity index (χ3n) is 5.21. The van der Waals surface area contributed by atoms with Crippen molar-refractivity contribution in [3.8, 4) is 11.3 Å². The number of rotatable bonds is 8. The van der Waals surface area contributed by atoms with Gasteiger partial charge >= 0.3 is 0 Å². The van der Waals surface area contributed by atoms with Crippen molar-refractivity contribution in [2.24, 2.45) is 5.73 Å². The number of fused-ring (bicyclic) bond motifs is 1. The summed E-state index contributed by atoms with van der Waals surface area (Å²) in [5, 5.41) is 1.09. The van der Waals surface area contributed by atoms with Crippen LogP contribution in [0.15, 0.2) is 36.4 Å². The van der Waals surface area contributed by atoms with Gasteiger partial charge in [-0.2, -0.15) is 0 Å². The Hall–Kier alpha value is -2.66. The second-order valence-corrected chi connectivity index (χ2v) is 7.59. The van der Waals surface area contributed by atoms with E-state index in [1.807, 2.05) is 37.3 Å². The van der Waals surface area contributed by atoms with E-state index in [4.69, 9.17) is 10.7 Å². The number of hydrogen-bond donors (Lipinski definition) is 1. The minimum Gasteiger partial charge on any atom is -0.366 e. The first kappa shape index (κ1) is 20.1. The Bertz CT molecular complexity index is 988. The molecule has 0 aliphatic heterocycles.